The predicted octanol–water partition coefficient (Wildman–Crippen LogP) is 3.72. The monoisotopic (exact) mass is 465 g/mol. The summed E-state index contributed by atoms with van der Waals surface area (Å²) in [5, 5.41) is 4.06. The van der Waals surface area contributed by atoms with E-state index in [2.05, 4.69) is 22.0 Å². The molecular formula is C26H35N5O3. The fourth-order valence-corrected chi connectivity index (χ4v) is 4.14. The van der Waals surface area contributed by atoms with E-state index in [1.807, 2.05) is 43.3 Å². The summed E-state index contributed by atoms with van der Waals surface area (Å²) < 4.78 is 11.1. The molecule has 1 fully saturated rings. The molecule has 0 saturated carbocycles. The summed E-state index contributed by atoms with van der Waals surface area (Å²) in [4.78, 5) is 26.9. The minimum absolute atomic E-state index is 0.0668. The van der Waals surface area contributed by atoms with Gasteiger partial charge in [-0.3, -0.25) is 9.69 Å². The Labute approximate surface area is 201 Å². The van der Waals surface area contributed by atoms with E-state index in [1.54, 1.807) is 6.26 Å². The predicted molar refractivity (Wildman–Crippen MR) is 134 cm³/mol. The lowest BCUT2D eigenvalue weighted by molar-refractivity contribution is -0.121. The van der Waals surface area contributed by atoms with E-state index in [0.717, 1.165) is 69.0 Å². The number of hydrogen-bond acceptors (Lipinski definition) is 7. The molecule has 1 amide bonds. The first kappa shape index (κ1) is 24.2. The summed E-state index contributed by atoms with van der Waals surface area (Å²) in [7, 11) is 0. The van der Waals surface area contributed by atoms with Gasteiger partial charge in [0, 0.05) is 50.6 Å². The van der Waals surface area contributed by atoms with Gasteiger partial charge in [-0.15, -0.1) is 0 Å². The molecule has 1 aromatic carbocycles. The highest BCUT2D eigenvalue weighted by atomic mass is 16.5. The van der Waals surface area contributed by atoms with E-state index >= 15 is 0 Å². The molecule has 0 bridgehead atoms. The van der Waals surface area contributed by atoms with Gasteiger partial charge >= 0.3 is 0 Å². The van der Waals surface area contributed by atoms with Crippen LogP contribution < -0.4 is 10.2 Å². The third kappa shape index (κ3) is 6.33. The number of carbonyl (C=O) groups excluding carboxylic acids is 1. The van der Waals surface area contributed by atoms with Crippen LogP contribution in [0.25, 0.3) is 22.5 Å². The number of fused-ring (bicyclic) bond motifs is 1. The Morgan fingerprint density at radius 1 is 1.15 bits per heavy atom. The van der Waals surface area contributed by atoms with Gasteiger partial charge < -0.3 is 19.4 Å². The lowest BCUT2D eigenvalue weighted by atomic mass is 10.2. The zero-order chi connectivity index (χ0) is 23.8. The van der Waals surface area contributed by atoms with Gasteiger partial charge in [0.25, 0.3) is 0 Å². The van der Waals surface area contributed by atoms with Crippen LogP contribution in [0.2, 0.25) is 0 Å². The number of amides is 1. The van der Waals surface area contributed by atoms with Crippen LogP contribution in [0.1, 0.15) is 33.1 Å². The lowest BCUT2D eigenvalue weighted by Crippen LogP contribution is -2.39. The first-order valence-electron chi connectivity index (χ1n) is 12.3. The maximum atomic E-state index is 12.6. The van der Waals surface area contributed by atoms with E-state index in [1.165, 1.54) is 0 Å². The molecule has 1 aliphatic heterocycles. The van der Waals surface area contributed by atoms with Gasteiger partial charge in [-0.1, -0.05) is 19.1 Å². The summed E-state index contributed by atoms with van der Waals surface area (Å²) in [6, 6.07) is 11.9. The number of ether oxygens (including phenoxy) is 1. The molecule has 34 heavy (non-hydrogen) atoms. The van der Waals surface area contributed by atoms with Crippen LogP contribution in [0.15, 0.2) is 47.1 Å². The Kier molecular flexibility index (Phi) is 8.49. The minimum Gasteiger partial charge on any atom is -0.461 e. The molecule has 8 heteroatoms. The Morgan fingerprint density at radius 2 is 1.97 bits per heavy atom. The highest BCUT2D eigenvalue weighted by Gasteiger charge is 2.19. The Bertz CT molecular complexity index is 1050. The molecule has 1 aliphatic rings. The standard InChI is InChI=1S/C26H35N5O3/c1-3-20(2)27-24(32)11-14-31(13-7-12-30-15-18-33-19-16-30)26-21-8-4-5-9-22(21)28-25(29-26)23-10-6-17-34-23/h4-6,8-10,17,20H,3,7,11-16,18-19H2,1-2H3,(H,27,32). The number of anilines is 1. The number of nitrogens with zero attached hydrogens (tertiary/aromatic N) is 4. The summed E-state index contributed by atoms with van der Waals surface area (Å²) in [5.41, 5.74) is 0.862. The zero-order valence-electron chi connectivity index (χ0n) is 20.2. The van der Waals surface area contributed by atoms with Gasteiger partial charge in [-0.05, 0) is 44.0 Å². The van der Waals surface area contributed by atoms with Crippen LogP contribution in [0.3, 0.4) is 0 Å². The van der Waals surface area contributed by atoms with Crippen molar-refractivity contribution < 1.29 is 13.9 Å². The van der Waals surface area contributed by atoms with Crippen molar-refractivity contribution in [1.29, 1.82) is 0 Å². The molecular weight excluding hydrogens is 430 g/mol. The summed E-state index contributed by atoms with van der Waals surface area (Å²) in [5.74, 6) is 2.10. The summed E-state index contributed by atoms with van der Waals surface area (Å²) in [6.45, 7) is 10.0. The second-order valence-electron chi connectivity index (χ2n) is 8.79. The highest BCUT2D eigenvalue weighted by molar-refractivity contribution is 5.91. The molecule has 2 aromatic heterocycles. The average Bonchev–Trinajstić information content (AvgIpc) is 3.41. The fraction of sp³-hybridized carbons (Fsp3) is 0.500. The van der Waals surface area contributed by atoms with Crippen molar-refractivity contribution in [3.05, 3.63) is 42.7 Å². The van der Waals surface area contributed by atoms with Crippen molar-refractivity contribution in [2.45, 2.75) is 39.2 Å². The Balaban J connectivity index is 1.57. The topological polar surface area (TPSA) is 83.7 Å². The number of aromatic nitrogens is 2. The third-order valence-electron chi connectivity index (χ3n) is 6.26. The van der Waals surface area contributed by atoms with Crippen LogP contribution in [0, 0.1) is 0 Å². The molecule has 8 nitrogen and oxygen atoms in total. The number of nitrogens with one attached hydrogen (secondary N) is 1. The third-order valence-corrected chi connectivity index (χ3v) is 6.26. The summed E-state index contributed by atoms with van der Waals surface area (Å²) in [6.07, 6.45) is 3.93. The second kappa shape index (κ2) is 11.9. The number of morpholine rings is 1. The van der Waals surface area contributed by atoms with Crippen molar-refractivity contribution in [1.82, 2.24) is 20.2 Å². The molecule has 1 atom stereocenters. The fourth-order valence-electron chi connectivity index (χ4n) is 4.14. The van der Waals surface area contributed by atoms with Gasteiger partial charge in [0.15, 0.2) is 11.6 Å². The van der Waals surface area contributed by atoms with Crippen molar-refractivity contribution >= 4 is 22.6 Å². The largest absolute Gasteiger partial charge is 0.461 e. The van der Waals surface area contributed by atoms with Gasteiger partial charge in [0.1, 0.15) is 5.82 Å². The number of para-hydroxylation sites is 1. The highest BCUT2D eigenvalue weighted by Crippen LogP contribution is 2.28. The first-order chi connectivity index (χ1) is 16.6. The smallest absolute Gasteiger partial charge is 0.221 e. The van der Waals surface area contributed by atoms with Crippen LogP contribution in [0.4, 0.5) is 5.82 Å². The van der Waals surface area contributed by atoms with E-state index in [0.29, 0.717) is 24.6 Å². The molecule has 3 aromatic rings. The molecule has 3 heterocycles. The molecule has 0 aliphatic carbocycles. The maximum absolute atomic E-state index is 12.6. The first-order valence-corrected chi connectivity index (χ1v) is 12.3. The molecule has 1 saturated heterocycles. The SMILES string of the molecule is CCC(C)NC(=O)CCN(CCCN1CCOCC1)c1nc(-c2ccco2)nc2ccccc12. The van der Waals surface area contributed by atoms with E-state index in [-0.39, 0.29) is 11.9 Å². The van der Waals surface area contributed by atoms with Crippen LogP contribution in [-0.2, 0) is 9.53 Å². The summed E-state index contributed by atoms with van der Waals surface area (Å²) >= 11 is 0. The number of furan rings is 1. The number of benzene rings is 1. The van der Waals surface area contributed by atoms with Crippen molar-refractivity contribution in [3.63, 3.8) is 0 Å². The van der Waals surface area contributed by atoms with Crippen LogP contribution >= 0.6 is 0 Å². The second-order valence-corrected chi connectivity index (χ2v) is 8.79. The van der Waals surface area contributed by atoms with Gasteiger partial charge in [-0.2, -0.15) is 0 Å². The van der Waals surface area contributed by atoms with E-state index in [9.17, 15) is 4.79 Å². The van der Waals surface area contributed by atoms with Crippen molar-refractivity contribution in [2.75, 3.05) is 50.8 Å². The van der Waals surface area contributed by atoms with Gasteiger partial charge in [-0.25, -0.2) is 9.97 Å². The normalized spacial score (nSPS) is 15.4. The molecule has 1 unspecified atom stereocenters. The van der Waals surface area contributed by atoms with Gasteiger partial charge in [0.2, 0.25) is 5.91 Å². The lowest BCUT2D eigenvalue weighted by Gasteiger charge is -2.29. The van der Waals surface area contributed by atoms with Crippen LogP contribution in [0.5, 0.6) is 0 Å². The van der Waals surface area contributed by atoms with Crippen molar-refractivity contribution in [3.8, 4) is 11.6 Å². The van der Waals surface area contributed by atoms with E-state index in [4.69, 9.17) is 19.1 Å². The maximum Gasteiger partial charge on any atom is 0.221 e. The van der Waals surface area contributed by atoms with E-state index < -0.39 is 0 Å². The molecule has 0 radical (unpaired) electrons. The van der Waals surface area contributed by atoms with Crippen molar-refractivity contribution in [2.24, 2.45) is 0 Å². The number of rotatable bonds is 11. The average molecular weight is 466 g/mol. The Hall–Kier alpha value is -2.97. The molecule has 0 spiro atoms. The Morgan fingerprint density at radius 3 is 2.74 bits per heavy atom. The number of carbonyl (C=O) groups is 1. The van der Waals surface area contributed by atoms with Crippen LogP contribution in [-0.4, -0.2) is 72.8 Å². The number of hydrogen-bond donors (Lipinski definition) is 1. The molecule has 182 valence electrons. The van der Waals surface area contributed by atoms with Gasteiger partial charge in [0.05, 0.1) is 25.0 Å². The molecule has 4 rings (SSSR count). The molecule has 1 N–H and O–H groups in total. The zero-order valence-corrected chi connectivity index (χ0v) is 20.2. The quantitative estimate of drug-likeness (QED) is 0.462. The minimum atomic E-state index is 0.0668.